The fraction of sp³-hybridized carbons (Fsp3) is 0.500. The minimum absolute atomic E-state index is 0.140. The average molecular weight is 265 g/mol. The standard InChI is InChI=1S/C14H20FN3O/c1-18(13-3-2-9-16-10-8-13)14(19)17-12-6-4-11(15)5-7-12/h4-7,13,16H,2-3,8-10H2,1H3,(H,17,19). The lowest BCUT2D eigenvalue weighted by atomic mass is 10.1. The maximum Gasteiger partial charge on any atom is 0.321 e. The Morgan fingerprint density at radius 1 is 1.32 bits per heavy atom. The van der Waals surface area contributed by atoms with E-state index in [4.69, 9.17) is 0 Å². The van der Waals surface area contributed by atoms with E-state index in [1.165, 1.54) is 12.1 Å². The number of rotatable bonds is 2. The molecule has 1 aromatic rings. The smallest absolute Gasteiger partial charge is 0.321 e. The Morgan fingerprint density at radius 2 is 2.05 bits per heavy atom. The van der Waals surface area contributed by atoms with Gasteiger partial charge in [0.2, 0.25) is 0 Å². The first-order chi connectivity index (χ1) is 9.16. The molecule has 2 N–H and O–H groups in total. The Kier molecular flexibility index (Phi) is 4.74. The highest BCUT2D eigenvalue weighted by atomic mass is 19.1. The first-order valence-electron chi connectivity index (χ1n) is 6.67. The topological polar surface area (TPSA) is 44.4 Å². The van der Waals surface area contributed by atoms with Crippen LogP contribution in [0.4, 0.5) is 14.9 Å². The number of amides is 2. The molecule has 1 unspecified atom stereocenters. The van der Waals surface area contributed by atoms with Gasteiger partial charge in [0.05, 0.1) is 0 Å². The second kappa shape index (κ2) is 6.52. The first-order valence-corrected chi connectivity index (χ1v) is 6.67. The fourth-order valence-electron chi connectivity index (χ4n) is 2.30. The molecule has 1 aliphatic heterocycles. The molecule has 1 saturated heterocycles. The monoisotopic (exact) mass is 265 g/mol. The van der Waals surface area contributed by atoms with Crippen molar-refractivity contribution >= 4 is 11.7 Å². The molecule has 0 spiro atoms. The summed E-state index contributed by atoms with van der Waals surface area (Å²) in [4.78, 5) is 13.9. The van der Waals surface area contributed by atoms with Crippen LogP contribution in [0.3, 0.4) is 0 Å². The lowest BCUT2D eigenvalue weighted by Crippen LogP contribution is -2.40. The van der Waals surface area contributed by atoms with E-state index < -0.39 is 0 Å². The highest BCUT2D eigenvalue weighted by Crippen LogP contribution is 2.14. The number of nitrogens with one attached hydrogen (secondary N) is 2. The van der Waals surface area contributed by atoms with Gasteiger partial charge in [-0.2, -0.15) is 0 Å². The predicted octanol–water partition coefficient (Wildman–Crippen LogP) is 2.43. The Balaban J connectivity index is 1.92. The number of nitrogens with zero attached hydrogens (tertiary/aromatic N) is 1. The maximum absolute atomic E-state index is 12.8. The van der Waals surface area contributed by atoms with Crippen LogP contribution in [0.2, 0.25) is 0 Å². The molecule has 1 fully saturated rings. The first kappa shape index (κ1) is 13.8. The lowest BCUT2D eigenvalue weighted by Gasteiger charge is -2.27. The van der Waals surface area contributed by atoms with Crippen molar-refractivity contribution in [2.75, 3.05) is 25.5 Å². The molecule has 2 amide bonds. The predicted molar refractivity (Wildman–Crippen MR) is 73.7 cm³/mol. The van der Waals surface area contributed by atoms with Crippen molar-refractivity contribution in [3.63, 3.8) is 0 Å². The van der Waals surface area contributed by atoms with Crippen molar-refractivity contribution in [2.24, 2.45) is 0 Å². The highest BCUT2D eigenvalue weighted by Gasteiger charge is 2.20. The van der Waals surface area contributed by atoms with E-state index in [9.17, 15) is 9.18 Å². The van der Waals surface area contributed by atoms with Crippen LogP contribution in [0.5, 0.6) is 0 Å². The summed E-state index contributed by atoms with van der Waals surface area (Å²) in [7, 11) is 1.81. The number of halogens is 1. The summed E-state index contributed by atoms with van der Waals surface area (Å²) >= 11 is 0. The molecule has 1 aromatic carbocycles. The van der Waals surface area contributed by atoms with Crippen molar-refractivity contribution in [3.8, 4) is 0 Å². The van der Waals surface area contributed by atoms with Crippen LogP contribution in [0, 0.1) is 5.82 Å². The summed E-state index contributed by atoms with van der Waals surface area (Å²) in [5.74, 6) is -0.304. The highest BCUT2D eigenvalue weighted by molar-refractivity contribution is 5.89. The average Bonchev–Trinajstić information content (AvgIpc) is 2.69. The molecule has 0 radical (unpaired) electrons. The van der Waals surface area contributed by atoms with Gasteiger partial charge in [0.1, 0.15) is 5.82 Å². The van der Waals surface area contributed by atoms with Gasteiger partial charge in [0.25, 0.3) is 0 Å². The van der Waals surface area contributed by atoms with Crippen LogP contribution in [0.15, 0.2) is 24.3 Å². The number of carbonyl (C=O) groups is 1. The summed E-state index contributed by atoms with van der Waals surface area (Å²) in [6.07, 6.45) is 3.06. The fourth-order valence-corrected chi connectivity index (χ4v) is 2.30. The van der Waals surface area contributed by atoms with Gasteiger partial charge in [-0.25, -0.2) is 9.18 Å². The van der Waals surface area contributed by atoms with Gasteiger partial charge in [0.15, 0.2) is 0 Å². The van der Waals surface area contributed by atoms with E-state index in [0.717, 1.165) is 32.4 Å². The van der Waals surface area contributed by atoms with Crippen LogP contribution in [-0.4, -0.2) is 37.1 Å². The van der Waals surface area contributed by atoms with Crippen molar-refractivity contribution in [3.05, 3.63) is 30.1 Å². The minimum atomic E-state index is -0.304. The summed E-state index contributed by atoms with van der Waals surface area (Å²) in [5.41, 5.74) is 0.616. The molecule has 1 heterocycles. The number of benzene rings is 1. The van der Waals surface area contributed by atoms with Crippen molar-refractivity contribution in [1.29, 1.82) is 0 Å². The van der Waals surface area contributed by atoms with E-state index >= 15 is 0 Å². The molecule has 5 heteroatoms. The van der Waals surface area contributed by atoms with E-state index in [-0.39, 0.29) is 17.9 Å². The zero-order valence-corrected chi connectivity index (χ0v) is 11.2. The molecule has 2 rings (SSSR count). The van der Waals surface area contributed by atoms with Gasteiger partial charge in [-0.15, -0.1) is 0 Å². The van der Waals surface area contributed by atoms with E-state index in [1.807, 2.05) is 7.05 Å². The largest absolute Gasteiger partial charge is 0.325 e. The molecule has 4 nitrogen and oxygen atoms in total. The van der Waals surface area contributed by atoms with Gasteiger partial charge >= 0.3 is 6.03 Å². The molecular weight excluding hydrogens is 245 g/mol. The second-order valence-electron chi connectivity index (χ2n) is 4.88. The molecule has 0 aliphatic carbocycles. The maximum atomic E-state index is 12.8. The quantitative estimate of drug-likeness (QED) is 0.862. The molecule has 19 heavy (non-hydrogen) atoms. The van der Waals surface area contributed by atoms with E-state index in [0.29, 0.717) is 5.69 Å². The summed E-state index contributed by atoms with van der Waals surface area (Å²) in [5, 5.41) is 6.11. The van der Waals surface area contributed by atoms with Crippen LogP contribution >= 0.6 is 0 Å². The van der Waals surface area contributed by atoms with Crippen molar-refractivity contribution < 1.29 is 9.18 Å². The Bertz CT molecular complexity index is 413. The third-order valence-electron chi connectivity index (χ3n) is 3.51. The number of hydrogen-bond donors (Lipinski definition) is 2. The zero-order chi connectivity index (χ0) is 13.7. The van der Waals surface area contributed by atoms with Crippen molar-refractivity contribution in [2.45, 2.75) is 25.3 Å². The Labute approximate surface area is 113 Å². The molecule has 0 saturated carbocycles. The molecule has 1 atom stereocenters. The van der Waals surface area contributed by atoms with Gasteiger partial charge in [-0.1, -0.05) is 0 Å². The third kappa shape index (κ3) is 3.92. The number of carbonyl (C=O) groups excluding carboxylic acids is 1. The molecule has 1 aliphatic rings. The second-order valence-corrected chi connectivity index (χ2v) is 4.88. The summed E-state index contributed by atoms with van der Waals surface area (Å²) < 4.78 is 12.8. The SMILES string of the molecule is CN(C(=O)Nc1ccc(F)cc1)C1CCCNCC1. The number of hydrogen-bond acceptors (Lipinski definition) is 2. The minimum Gasteiger partial charge on any atom is -0.325 e. The van der Waals surface area contributed by atoms with Gasteiger partial charge in [-0.05, 0) is 56.6 Å². The molecule has 0 bridgehead atoms. The van der Waals surface area contributed by atoms with E-state index in [1.54, 1.807) is 17.0 Å². The Hall–Kier alpha value is -1.62. The summed E-state index contributed by atoms with van der Waals surface area (Å²) in [6.45, 7) is 1.96. The number of urea groups is 1. The molecule has 104 valence electrons. The molecule has 0 aromatic heterocycles. The van der Waals surface area contributed by atoms with Crippen LogP contribution in [0.1, 0.15) is 19.3 Å². The lowest BCUT2D eigenvalue weighted by molar-refractivity contribution is 0.198. The van der Waals surface area contributed by atoms with Crippen molar-refractivity contribution in [1.82, 2.24) is 10.2 Å². The Morgan fingerprint density at radius 3 is 2.79 bits per heavy atom. The van der Waals surface area contributed by atoms with E-state index in [2.05, 4.69) is 10.6 Å². The van der Waals surface area contributed by atoms with Crippen LogP contribution in [-0.2, 0) is 0 Å². The van der Waals surface area contributed by atoms with Crippen LogP contribution < -0.4 is 10.6 Å². The molecular formula is C14H20FN3O. The summed E-state index contributed by atoms with van der Waals surface area (Å²) in [6, 6.07) is 5.93. The zero-order valence-electron chi connectivity index (χ0n) is 11.2. The van der Waals surface area contributed by atoms with Gasteiger partial charge in [0, 0.05) is 18.8 Å². The normalized spacial score (nSPS) is 19.6. The third-order valence-corrected chi connectivity index (χ3v) is 3.51. The van der Waals surface area contributed by atoms with Crippen LogP contribution in [0.25, 0.3) is 0 Å². The van der Waals surface area contributed by atoms with Gasteiger partial charge in [-0.3, -0.25) is 0 Å². The van der Waals surface area contributed by atoms with Gasteiger partial charge < -0.3 is 15.5 Å². The number of anilines is 1.